The summed E-state index contributed by atoms with van der Waals surface area (Å²) in [5.41, 5.74) is 2.53. The van der Waals surface area contributed by atoms with Gasteiger partial charge < -0.3 is 4.74 Å². The summed E-state index contributed by atoms with van der Waals surface area (Å²) in [6.45, 7) is 8.62. The van der Waals surface area contributed by atoms with E-state index in [-0.39, 0.29) is 5.41 Å². The van der Waals surface area contributed by atoms with E-state index in [0.717, 1.165) is 22.7 Å². The molecule has 1 aromatic heterocycles. The van der Waals surface area contributed by atoms with Crippen molar-refractivity contribution in [2.45, 2.75) is 33.1 Å². The Morgan fingerprint density at radius 1 is 1.16 bits per heavy atom. The van der Waals surface area contributed by atoms with Gasteiger partial charge in [0.15, 0.2) is 11.3 Å². The van der Waals surface area contributed by atoms with E-state index in [0.29, 0.717) is 4.88 Å². The lowest BCUT2D eigenvalue weighted by molar-refractivity contribution is 0.112. The van der Waals surface area contributed by atoms with E-state index in [1.165, 1.54) is 16.9 Å². The molecule has 1 aromatic carbocycles. The Labute approximate surface area is 118 Å². The highest BCUT2D eigenvalue weighted by atomic mass is 32.1. The minimum Gasteiger partial charge on any atom is -0.446 e. The zero-order chi connectivity index (χ0) is 14.0. The van der Waals surface area contributed by atoms with Gasteiger partial charge in [-0.3, -0.25) is 4.79 Å². The number of thiophene rings is 1. The maximum absolute atomic E-state index is 10.6. The second-order valence-corrected chi connectivity index (χ2v) is 6.68. The van der Waals surface area contributed by atoms with Crippen molar-refractivity contribution in [1.82, 2.24) is 0 Å². The van der Waals surface area contributed by atoms with Gasteiger partial charge in [0.1, 0.15) is 5.75 Å². The lowest BCUT2D eigenvalue weighted by Gasteiger charge is -2.20. The van der Waals surface area contributed by atoms with Crippen LogP contribution in [0.25, 0.3) is 0 Å². The van der Waals surface area contributed by atoms with Crippen LogP contribution in [0.15, 0.2) is 30.3 Å². The zero-order valence-electron chi connectivity index (χ0n) is 11.7. The van der Waals surface area contributed by atoms with Crippen LogP contribution in [-0.4, -0.2) is 6.29 Å². The quantitative estimate of drug-likeness (QED) is 0.739. The summed E-state index contributed by atoms with van der Waals surface area (Å²) < 4.78 is 5.82. The largest absolute Gasteiger partial charge is 0.446 e. The number of ether oxygens (including phenoxy) is 1. The van der Waals surface area contributed by atoms with Crippen molar-refractivity contribution < 1.29 is 9.53 Å². The number of aldehydes is 1. The van der Waals surface area contributed by atoms with Crippen LogP contribution in [0, 0.1) is 6.92 Å². The average Bonchev–Trinajstić information content (AvgIpc) is 2.78. The fourth-order valence-electron chi connectivity index (χ4n) is 1.79. The number of aryl methyl sites for hydroxylation is 1. The number of rotatable bonds is 3. The van der Waals surface area contributed by atoms with Crippen molar-refractivity contribution in [2.24, 2.45) is 0 Å². The van der Waals surface area contributed by atoms with Crippen LogP contribution in [0.4, 0.5) is 0 Å². The maximum Gasteiger partial charge on any atom is 0.181 e. The van der Waals surface area contributed by atoms with E-state index in [4.69, 9.17) is 4.74 Å². The molecular formula is C16H18O2S. The van der Waals surface area contributed by atoms with Crippen molar-refractivity contribution in [2.75, 3.05) is 0 Å². The molecule has 3 heteroatoms. The highest BCUT2D eigenvalue weighted by molar-refractivity contribution is 7.15. The molecule has 2 aromatic rings. The molecule has 2 rings (SSSR count). The van der Waals surface area contributed by atoms with Crippen molar-refractivity contribution in [3.05, 3.63) is 46.3 Å². The van der Waals surface area contributed by atoms with Gasteiger partial charge >= 0.3 is 0 Å². The van der Waals surface area contributed by atoms with E-state index >= 15 is 0 Å². The van der Waals surface area contributed by atoms with Crippen LogP contribution < -0.4 is 4.74 Å². The van der Waals surface area contributed by atoms with Crippen molar-refractivity contribution >= 4 is 17.6 Å². The number of hydrogen-bond donors (Lipinski definition) is 0. The Balaban J connectivity index is 2.24. The average molecular weight is 274 g/mol. The van der Waals surface area contributed by atoms with Crippen LogP contribution in [0.1, 0.15) is 41.6 Å². The topological polar surface area (TPSA) is 26.3 Å². The fraction of sp³-hybridized carbons (Fsp3) is 0.312. The Morgan fingerprint density at radius 3 is 2.42 bits per heavy atom. The molecule has 0 bridgehead atoms. The van der Waals surface area contributed by atoms with Crippen molar-refractivity contribution in [3.8, 4) is 10.8 Å². The monoisotopic (exact) mass is 274 g/mol. The van der Waals surface area contributed by atoms with E-state index in [2.05, 4.69) is 32.9 Å². The van der Waals surface area contributed by atoms with Crippen molar-refractivity contribution in [3.63, 3.8) is 0 Å². The minimum absolute atomic E-state index is 0.136. The minimum atomic E-state index is 0.136. The first-order valence-electron chi connectivity index (χ1n) is 6.24. The smallest absolute Gasteiger partial charge is 0.181 e. The molecule has 0 atom stereocenters. The molecule has 0 saturated carbocycles. The second kappa shape index (κ2) is 5.17. The predicted molar refractivity (Wildman–Crippen MR) is 79.7 cm³/mol. The van der Waals surface area contributed by atoms with Crippen LogP contribution in [-0.2, 0) is 5.41 Å². The number of carbonyl (C=O) groups is 1. The first-order valence-corrected chi connectivity index (χ1v) is 7.06. The lowest BCUT2D eigenvalue weighted by Crippen LogP contribution is -2.11. The fourth-order valence-corrected chi connectivity index (χ4v) is 2.48. The summed E-state index contributed by atoms with van der Waals surface area (Å²) in [5.74, 6) is 0.840. The normalized spacial score (nSPS) is 11.4. The van der Waals surface area contributed by atoms with Gasteiger partial charge in [0.25, 0.3) is 0 Å². The predicted octanol–water partition coefficient (Wildman–Crippen LogP) is 4.96. The number of carbonyl (C=O) groups excluding carboxylic acids is 1. The molecule has 2 nitrogen and oxygen atoms in total. The van der Waals surface area contributed by atoms with Gasteiger partial charge in [-0.25, -0.2) is 0 Å². The van der Waals surface area contributed by atoms with Gasteiger partial charge in [0.05, 0.1) is 4.88 Å². The standard InChI is InChI=1S/C16H18O2S/c1-11-9-12(16(2,3)4)5-7-14(11)18-15-8-6-13(10-17)19-15/h5-10H,1-4H3. The highest BCUT2D eigenvalue weighted by Crippen LogP contribution is 2.33. The SMILES string of the molecule is Cc1cc(C(C)(C)C)ccc1Oc1ccc(C=O)s1. The van der Waals surface area contributed by atoms with Crippen LogP contribution in [0.2, 0.25) is 0 Å². The molecule has 0 N–H and O–H groups in total. The van der Waals surface area contributed by atoms with Gasteiger partial charge in [-0.2, -0.15) is 0 Å². The molecule has 0 unspecified atom stereocenters. The van der Waals surface area contributed by atoms with Crippen LogP contribution >= 0.6 is 11.3 Å². The van der Waals surface area contributed by atoms with Gasteiger partial charge in [-0.1, -0.05) is 44.2 Å². The van der Waals surface area contributed by atoms with E-state index in [1.807, 2.05) is 19.1 Å². The number of benzene rings is 1. The Kier molecular flexibility index (Phi) is 3.76. The third-order valence-corrected chi connectivity index (χ3v) is 3.86. The van der Waals surface area contributed by atoms with E-state index in [1.54, 1.807) is 6.07 Å². The molecule has 0 saturated heterocycles. The van der Waals surface area contributed by atoms with Gasteiger partial charge in [-0.15, -0.1) is 0 Å². The number of hydrogen-bond acceptors (Lipinski definition) is 3. The summed E-state index contributed by atoms with van der Waals surface area (Å²) in [4.78, 5) is 11.3. The molecule has 0 fully saturated rings. The van der Waals surface area contributed by atoms with Gasteiger partial charge in [0, 0.05) is 0 Å². The molecule has 1 heterocycles. The summed E-state index contributed by atoms with van der Waals surface area (Å²) in [6.07, 6.45) is 0.840. The summed E-state index contributed by atoms with van der Waals surface area (Å²) in [7, 11) is 0. The first-order chi connectivity index (χ1) is 8.90. The maximum atomic E-state index is 10.6. The first kappa shape index (κ1) is 13.8. The molecule has 0 radical (unpaired) electrons. The Morgan fingerprint density at radius 2 is 1.89 bits per heavy atom. The second-order valence-electron chi connectivity index (χ2n) is 5.61. The molecule has 0 aliphatic heterocycles. The molecule has 0 aliphatic rings. The van der Waals surface area contributed by atoms with Gasteiger partial charge in [0.2, 0.25) is 0 Å². The summed E-state index contributed by atoms with van der Waals surface area (Å²) in [5, 5.41) is 0.744. The van der Waals surface area contributed by atoms with E-state index in [9.17, 15) is 4.79 Å². The van der Waals surface area contributed by atoms with Crippen LogP contribution in [0.5, 0.6) is 10.8 Å². The van der Waals surface area contributed by atoms with E-state index < -0.39 is 0 Å². The lowest BCUT2D eigenvalue weighted by atomic mass is 9.86. The summed E-state index contributed by atoms with van der Waals surface area (Å²) >= 11 is 1.36. The Bertz CT molecular complexity index is 591. The Hall–Kier alpha value is -1.61. The molecular weight excluding hydrogens is 256 g/mol. The van der Waals surface area contributed by atoms with Crippen LogP contribution in [0.3, 0.4) is 0 Å². The molecule has 0 amide bonds. The third kappa shape index (κ3) is 3.24. The molecule has 0 aliphatic carbocycles. The molecule has 0 spiro atoms. The third-order valence-electron chi connectivity index (χ3n) is 2.97. The van der Waals surface area contributed by atoms with Gasteiger partial charge in [-0.05, 0) is 41.7 Å². The molecule has 100 valence electrons. The summed E-state index contributed by atoms with van der Waals surface area (Å²) in [6, 6.07) is 9.84. The molecule has 19 heavy (non-hydrogen) atoms. The zero-order valence-corrected chi connectivity index (χ0v) is 12.5. The highest BCUT2D eigenvalue weighted by Gasteiger charge is 2.15. The van der Waals surface area contributed by atoms with Crippen molar-refractivity contribution in [1.29, 1.82) is 0 Å².